The lowest BCUT2D eigenvalue weighted by atomic mass is 9.99. The van der Waals surface area contributed by atoms with Crippen LogP contribution in [-0.2, 0) is 9.53 Å². The Morgan fingerprint density at radius 2 is 1.92 bits per heavy atom. The molecule has 24 heavy (non-hydrogen) atoms. The monoisotopic (exact) mass is 331 g/mol. The maximum absolute atomic E-state index is 12.1. The maximum Gasteiger partial charge on any atom is 0.410 e. The molecule has 0 saturated carbocycles. The zero-order chi connectivity index (χ0) is 16.9. The number of anilines is 2. The molecule has 0 spiro atoms. The average molecular weight is 331 g/mol. The van der Waals surface area contributed by atoms with Crippen molar-refractivity contribution >= 4 is 23.4 Å². The van der Waals surface area contributed by atoms with Gasteiger partial charge in [0.1, 0.15) is 6.54 Å². The minimum atomic E-state index is -0.411. The van der Waals surface area contributed by atoms with E-state index in [-0.39, 0.29) is 12.5 Å². The fourth-order valence-corrected chi connectivity index (χ4v) is 3.14. The van der Waals surface area contributed by atoms with Gasteiger partial charge in [0.2, 0.25) is 5.91 Å². The number of cyclic esters (lactones) is 1. The molecule has 2 heterocycles. The normalized spacial score (nSPS) is 19.1. The Bertz CT molecular complexity index is 580. The number of benzene rings is 1. The van der Waals surface area contributed by atoms with Crippen molar-refractivity contribution in [1.82, 2.24) is 4.90 Å². The van der Waals surface area contributed by atoms with Crippen LogP contribution in [0, 0.1) is 5.92 Å². The van der Waals surface area contributed by atoms with E-state index in [0.29, 0.717) is 13.2 Å². The molecule has 1 N–H and O–H groups in total. The summed E-state index contributed by atoms with van der Waals surface area (Å²) < 4.78 is 4.93. The summed E-state index contributed by atoms with van der Waals surface area (Å²) >= 11 is 0. The molecule has 2 fully saturated rings. The molecule has 1 aromatic rings. The number of carbonyl (C=O) groups excluding carboxylic acids is 2. The Kier molecular flexibility index (Phi) is 5.23. The summed E-state index contributed by atoms with van der Waals surface area (Å²) in [7, 11) is 0. The first-order valence-corrected chi connectivity index (χ1v) is 8.68. The molecular weight excluding hydrogens is 306 g/mol. The van der Waals surface area contributed by atoms with Crippen LogP contribution in [0.1, 0.15) is 26.2 Å². The van der Waals surface area contributed by atoms with Gasteiger partial charge in [0, 0.05) is 31.0 Å². The zero-order valence-electron chi connectivity index (χ0n) is 14.2. The van der Waals surface area contributed by atoms with Crippen molar-refractivity contribution in [2.24, 2.45) is 5.92 Å². The van der Waals surface area contributed by atoms with E-state index in [1.165, 1.54) is 23.4 Å². The van der Waals surface area contributed by atoms with Crippen LogP contribution in [0.4, 0.5) is 16.2 Å². The maximum atomic E-state index is 12.1. The van der Waals surface area contributed by atoms with Crippen molar-refractivity contribution in [3.05, 3.63) is 24.3 Å². The zero-order valence-corrected chi connectivity index (χ0v) is 14.2. The van der Waals surface area contributed by atoms with Crippen LogP contribution in [0.3, 0.4) is 0 Å². The van der Waals surface area contributed by atoms with Gasteiger partial charge in [-0.15, -0.1) is 0 Å². The van der Waals surface area contributed by atoms with E-state index >= 15 is 0 Å². The van der Waals surface area contributed by atoms with Gasteiger partial charge in [0.05, 0.1) is 6.61 Å². The van der Waals surface area contributed by atoms with Gasteiger partial charge in [-0.2, -0.15) is 0 Å². The molecule has 0 radical (unpaired) electrons. The highest BCUT2D eigenvalue weighted by molar-refractivity contribution is 5.94. The summed E-state index contributed by atoms with van der Waals surface area (Å²) in [5.41, 5.74) is 1.94. The van der Waals surface area contributed by atoms with Crippen molar-refractivity contribution in [3.8, 4) is 0 Å². The Morgan fingerprint density at radius 1 is 1.21 bits per heavy atom. The first kappa shape index (κ1) is 16.6. The second-order valence-corrected chi connectivity index (χ2v) is 6.65. The van der Waals surface area contributed by atoms with E-state index in [1.54, 1.807) is 0 Å². The van der Waals surface area contributed by atoms with Crippen LogP contribution in [0.15, 0.2) is 24.3 Å². The van der Waals surface area contributed by atoms with Gasteiger partial charge in [0.25, 0.3) is 0 Å². The molecule has 1 aromatic carbocycles. The lowest BCUT2D eigenvalue weighted by Gasteiger charge is -2.32. The summed E-state index contributed by atoms with van der Waals surface area (Å²) in [5, 5.41) is 2.84. The molecule has 2 saturated heterocycles. The van der Waals surface area contributed by atoms with Crippen LogP contribution in [0.2, 0.25) is 0 Å². The summed E-state index contributed by atoms with van der Waals surface area (Å²) in [4.78, 5) is 27.4. The van der Waals surface area contributed by atoms with E-state index in [0.717, 1.165) is 31.1 Å². The third-order valence-electron chi connectivity index (χ3n) is 4.69. The molecular formula is C18H25N3O3. The van der Waals surface area contributed by atoms with Gasteiger partial charge in [0.15, 0.2) is 0 Å². The molecule has 0 aromatic heterocycles. The highest BCUT2D eigenvalue weighted by Crippen LogP contribution is 2.24. The molecule has 130 valence electrons. The minimum Gasteiger partial charge on any atom is -0.449 e. The molecule has 0 bridgehead atoms. The molecule has 2 amide bonds. The summed E-state index contributed by atoms with van der Waals surface area (Å²) in [6, 6.07) is 7.92. The van der Waals surface area contributed by atoms with E-state index in [9.17, 15) is 9.59 Å². The molecule has 6 nitrogen and oxygen atoms in total. The van der Waals surface area contributed by atoms with Gasteiger partial charge in [-0.25, -0.2) is 4.79 Å². The predicted molar refractivity (Wildman–Crippen MR) is 93.2 cm³/mol. The van der Waals surface area contributed by atoms with Gasteiger partial charge in [-0.05, 0) is 49.4 Å². The average Bonchev–Trinajstić information content (AvgIpc) is 2.58. The number of nitrogens with one attached hydrogen (secondary N) is 1. The van der Waals surface area contributed by atoms with Crippen molar-refractivity contribution in [1.29, 1.82) is 0 Å². The van der Waals surface area contributed by atoms with Gasteiger partial charge in [-0.1, -0.05) is 6.92 Å². The number of hydrogen-bond acceptors (Lipinski definition) is 4. The van der Waals surface area contributed by atoms with Crippen LogP contribution in [0.25, 0.3) is 0 Å². The number of amides is 2. The molecule has 2 aliphatic heterocycles. The molecule has 2 aliphatic rings. The quantitative estimate of drug-likeness (QED) is 0.921. The van der Waals surface area contributed by atoms with E-state index in [1.807, 2.05) is 24.3 Å². The van der Waals surface area contributed by atoms with E-state index < -0.39 is 6.09 Å². The van der Waals surface area contributed by atoms with Crippen molar-refractivity contribution in [2.45, 2.75) is 26.2 Å². The number of carbonyl (C=O) groups is 2. The molecule has 0 unspecified atom stereocenters. The predicted octanol–water partition coefficient (Wildman–Crippen LogP) is 2.70. The van der Waals surface area contributed by atoms with Gasteiger partial charge >= 0.3 is 6.09 Å². The van der Waals surface area contributed by atoms with Crippen molar-refractivity contribution in [3.63, 3.8) is 0 Å². The minimum absolute atomic E-state index is 0.0323. The van der Waals surface area contributed by atoms with Crippen LogP contribution < -0.4 is 10.2 Å². The first-order chi connectivity index (χ1) is 11.6. The summed E-state index contributed by atoms with van der Waals surface area (Å²) in [5.74, 6) is 0.606. The largest absolute Gasteiger partial charge is 0.449 e. The van der Waals surface area contributed by atoms with Crippen LogP contribution in [0.5, 0.6) is 0 Å². The van der Waals surface area contributed by atoms with Crippen LogP contribution in [-0.4, -0.2) is 49.7 Å². The number of nitrogens with zero attached hydrogens (tertiary/aromatic N) is 2. The topological polar surface area (TPSA) is 61.9 Å². The highest BCUT2D eigenvalue weighted by Gasteiger charge is 2.22. The number of hydrogen-bond donors (Lipinski definition) is 1. The lowest BCUT2D eigenvalue weighted by molar-refractivity contribution is -0.117. The summed E-state index contributed by atoms with van der Waals surface area (Å²) in [6.45, 7) is 5.51. The van der Waals surface area contributed by atoms with Crippen molar-refractivity contribution in [2.75, 3.05) is 43.0 Å². The van der Waals surface area contributed by atoms with Gasteiger partial charge < -0.3 is 15.0 Å². The third-order valence-corrected chi connectivity index (χ3v) is 4.69. The Morgan fingerprint density at radius 3 is 2.58 bits per heavy atom. The van der Waals surface area contributed by atoms with E-state index in [2.05, 4.69) is 17.1 Å². The molecule has 0 atom stereocenters. The first-order valence-electron chi connectivity index (χ1n) is 8.68. The summed E-state index contributed by atoms with van der Waals surface area (Å²) in [6.07, 6.45) is 2.81. The third kappa shape index (κ3) is 4.19. The standard InChI is InChI=1S/C18H25N3O3/c1-14-7-10-20(11-8-14)16-5-3-15(4-6-16)19-17(22)13-21-9-2-12-24-18(21)23/h3-6,14H,2,7-13H2,1H3,(H,19,22). The SMILES string of the molecule is CC1CCN(c2ccc(NC(=O)CN3CCCOC3=O)cc2)CC1. The Balaban J connectivity index is 1.52. The second kappa shape index (κ2) is 7.55. The van der Waals surface area contributed by atoms with Gasteiger partial charge in [-0.3, -0.25) is 9.69 Å². The second-order valence-electron chi connectivity index (χ2n) is 6.65. The molecule has 0 aliphatic carbocycles. The Hall–Kier alpha value is -2.24. The molecule has 6 heteroatoms. The number of piperidine rings is 1. The fraction of sp³-hybridized carbons (Fsp3) is 0.556. The fourth-order valence-electron chi connectivity index (χ4n) is 3.14. The number of rotatable bonds is 4. The molecule has 3 rings (SSSR count). The van der Waals surface area contributed by atoms with Crippen LogP contribution >= 0.6 is 0 Å². The highest BCUT2D eigenvalue weighted by atomic mass is 16.6. The lowest BCUT2D eigenvalue weighted by Crippen LogP contribution is -2.42. The number of ether oxygens (including phenoxy) is 1. The Labute approximate surface area is 142 Å². The van der Waals surface area contributed by atoms with Crippen molar-refractivity contribution < 1.29 is 14.3 Å². The van der Waals surface area contributed by atoms with E-state index in [4.69, 9.17) is 4.74 Å². The smallest absolute Gasteiger partial charge is 0.410 e.